The van der Waals surface area contributed by atoms with Crippen molar-refractivity contribution in [3.05, 3.63) is 52.3 Å². The fraction of sp³-hybridized carbons (Fsp3) is 0.333. The summed E-state index contributed by atoms with van der Waals surface area (Å²) < 4.78 is 0. The summed E-state index contributed by atoms with van der Waals surface area (Å²) in [5, 5.41) is 3.86. The molecule has 0 saturated heterocycles. The van der Waals surface area contributed by atoms with E-state index in [9.17, 15) is 0 Å². The van der Waals surface area contributed by atoms with E-state index in [0.29, 0.717) is 11.1 Å². The molecule has 98 valence electrons. The molecule has 3 nitrogen and oxygen atoms in total. The van der Waals surface area contributed by atoms with Crippen molar-refractivity contribution in [2.75, 3.05) is 5.32 Å². The molecule has 4 heteroatoms. The highest BCUT2D eigenvalue weighted by atomic mass is 35.5. The minimum absolute atomic E-state index is 0.611. The fourth-order valence-electron chi connectivity index (χ4n) is 2.40. The van der Waals surface area contributed by atoms with Gasteiger partial charge in [-0.25, -0.2) is 9.97 Å². The van der Waals surface area contributed by atoms with Crippen LogP contribution in [0, 0.1) is 0 Å². The first-order chi connectivity index (χ1) is 9.33. The van der Waals surface area contributed by atoms with Gasteiger partial charge in [-0.3, -0.25) is 0 Å². The Hall–Kier alpha value is -1.61. The molecule has 19 heavy (non-hydrogen) atoms. The zero-order valence-corrected chi connectivity index (χ0v) is 11.5. The number of aryl methyl sites for hydroxylation is 1. The number of anilines is 1. The molecule has 0 unspecified atom stereocenters. The van der Waals surface area contributed by atoms with Crippen LogP contribution < -0.4 is 5.32 Å². The maximum atomic E-state index is 6.24. The van der Waals surface area contributed by atoms with Gasteiger partial charge in [0.25, 0.3) is 0 Å². The van der Waals surface area contributed by atoms with Crippen molar-refractivity contribution in [3.8, 4) is 0 Å². The Bertz CT molecular complexity index is 569. The predicted octanol–water partition coefficient (Wildman–Crippen LogP) is 3.62. The van der Waals surface area contributed by atoms with E-state index < -0.39 is 0 Å². The van der Waals surface area contributed by atoms with Crippen LogP contribution in [-0.4, -0.2) is 9.97 Å². The maximum Gasteiger partial charge on any atom is 0.224 e. The van der Waals surface area contributed by atoms with Gasteiger partial charge in [0.05, 0.1) is 5.69 Å². The molecule has 0 amide bonds. The van der Waals surface area contributed by atoms with E-state index >= 15 is 0 Å². The Kier molecular flexibility index (Phi) is 3.65. The first-order valence-corrected chi connectivity index (χ1v) is 7.04. The molecule has 0 bridgehead atoms. The largest absolute Gasteiger partial charge is 0.350 e. The molecule has 1 aliphatic carbocycles. The highest BCUT2D eigenvalue weighted by molar-refractivity contribution is 6.30. The number of halogens is 1. The summed E-state index contributed by atoms with van der Waals surface area (Å²) in [6, 6.07) is 10.2. The average molecular weight is 274 g/mol. The Labute approximate surface area is 118 Å². The van der Waals surface area contributed by atoms with E-state index in [1.54, 1.807) is 0 Å². The van der Waals surface area contributed by atoms with Gasteiger partial charge in [0, 0.05) is 12.1 Å². The van der Waals surface area contributed by atoms with Gasteiger partial charge in [-0.05, 0) is 31.2 Å². The third-order valence-electron chi connectivity index (χ3n) is 3.43. The van der Waals surface area contributed by atoms with Gasteiger partial charge in [-0.15, -0.1) is 0 Å². The van der Waals surface area contributed by atoms with Gasteiger partial charge in [0.2, 0.25) is 5.95 Å². The lowest BCUT2D eigenvalue weighted by molar-refractivity contribution is 0.663. The quantitative estimate of drug-likeness (QED) is 0.868. The predicted molar refractivity (Wildman–Crippen MR) is 77.5 cm³/mol. The second-order valence-electron chi connectivity index (χ2n) is 4.81. The van der Waals surface area contributed by atoms with Crippen molar-refractivity contribution in [1.29, 1.82) is 0 Å². The molecular formula is C15H16ClN3. The van der Waals surface area contributed by atoms with Crippen molar-refractivity contribution in [1.82, 2.24) is 9.97 Å². The molecule has 1 heterocycles. The molecule has 0 aliphatic heterocycles. The minimum Gasteiger partial charge on any atom is -0.350 e. The van der Waals surface area contributed by atoms with Crippen molar-refractivity contribution in [2.24, 2.45) is 0 Å². The molecule has 0 spiro atoms. The molecular weight excluding hydrogens is 258 g/mol. The summed E-state index contributed by atoms with van der Waals surface area (Å²) in [7, 11) is 0. The Morgan fingerprint density at radius 1 is 1.05 bits per heavy atom. The van der Waals surface area contributed by atoms with E-state index in [-0.39, 0.29) is 0 Å². The van der Waals surface area contributed by atoms with Crippen LogP contribution in [0.15, 0.2) is 30.3 Å². The number of nitrogens with zero attached hydrogens (tertiary/aromatic N) is 2. The van der Waals surface area contributed by atoms with Crippen LogP contribution in [0.3, 0.4) is 0 Å². The molecule has 1 aromatic carbocycles. The monoisotopic (exact) mass is 273 g/mol. The normalized spacial score (nSPS) is 13.9. The zero-order valence-electron chi connectivity index (χ0n) is 10.7. The van der Waals surface area contributed by atoms with Gasteiger partial charge in [-0.2, -0.15) is 0 Å². The SMILES string of the molecule is Clc1nc(NCc2ccccc2)nc2c1CCCC2. The topological polar surface area (TPSA) is 37.8 Å². The highest BCUT2D eigenvalue weighted by Crippen LogP contribution is 2.26. The van der Waals surface area contributed by atoms with Crippen molar-refractivity contribution >= 4 is 17.5 Å². The van der Waals surface area contributed by atoms with Crippen LogP contribution in [-0.2, 0) is 19.4 Å². The Morgan fingerprint density at radius 3 is 2.68 bits per heavy atom. The summed E-state index contributed by atoms with van der Waals surface area (Å²) in [5.74, 6) is 0.634. The fourth-order valence-corrected chi connectivity index (χ4v) is 2.69. The van der Waals surface area contributed by atoms with E-state index in [0.717, 1.165) is 30.6 Å². The number of benzene rings is 1. The van der Waals surface area contributed by atoms with Gasteiger partial charge in [-0.1, -0.05) is 41.9 Å². The molecule has 2 aromatic rings. The molecule has 0 atom stereocenters. The number of nitrogens with one attached hydrogen (secondary N) is 1. The average Bonchev–Trinajstić information content (AvgIpc) is 2.46. The van der Waals surface area contributed by atoms with Gasteiger partial charge in [0.1, 0.15) is 5.15 Å². The molecule has 0 fully saturated rings. The lowest BCUT2D eigenvalue weighted by atomic mass is 9.97. The molecule has 1 aliphatic rings. The molecule has 3 rings (SSSR count). The zero-order chi connectivity index (χ0) is 13.1. The third-order valence-corrected chi connectivity index (χ3v) is 3.74. The van der Waals surface area contributed by atoms with Crippen molar-refractivity contribution < 1.29 is 0 Å². The number of fused-ring (bicyclic) bond motifs is 1. The van der Waals surface area contributed by atoms with Crippen LogP contribution in [0.25, 0.3) is 0 Å². The molecule has 0 radical (unpaired) electrons. The van der Waals surface area contributed by atoms with Crippen molar-refractivity contribution in [3.63, 3.8) is 0 Å². The van der Waals surface area contributed by atoms with E-state index in [1.807, 2.05) is 18.2 Å². The number of hydrogen-bond donors (Lipinski definition) is 1. The first-order valence-electron chi connectivity index (χ1n) is 6.66. The van der Waals surface area contributed by atoms with Crippen LogP contribution in [0.4, 0.5) is 5.95 Å². The summed E-state index contributed by atoms with van der Waals surface area (Å²) in [4.78, 5) is 8.93. The molecule has 1 N–H and O–H groups in total. The summed E-state index contributed by atoms with van der Waals surface area (Å²) in [6.07, 6.45) is 4.40. The molecule has 1 aromatic heterocycles. The maximum absolute atomic E-state index is 6.24. The first kappa shape index (κ1) is 12.4. The highest BCUT2D eigenvalue weighted by Gasteiger charge is 2.16. The third kappa shape index (κ3) is 2.87. The van der Waals surface area contributed by atoms with Gasteiger partial charge < -0.3 is 5.32 Å². The molecule has 0 saturated carbocycles. The van der Waals surface area contributed by atoms with Crippen LogP contribution in [0.2, 0.25) is 5.15 Å². The van der Waals surface area contributed by atoms with Gasteiger partial charge >= 0.3 is 0 Å². The summed E-state index contributed by atoms with van der Waals surface area (Å²) >= 11 is 6.24. The lowest BCUT2D eigenvalue weighted by Crippen LogP contribution is -2.11. The second-order valence-corrected chi connectivity index (χ2v) is 5.17. The Balaban J connectivity index is 1.76. The van der Waals surface area contributed by atoms with E-state index in [4.69, 9.17) is 11.6 Å². The van der Waals surface area contributed by atoms with E-state index in [2.05, 4.69) is 27.4 Å². The van der Waals surface area contributed by atoms with Gasteiger partial charge in [0.15, 0.2) is 0 Å². The number of hydrogen-bond acceptors (Lipinski definition) is 3. The smallest absolute Gasteiger partial charge is 0.224 e. The Morgan fingerprint density at radius 2 is 1.84 bits per heavy atom. The lowest BCUT2D eigenvalue weighted by Gasteiger charge is -2.16. The van der Waals surface area contributed by atoms with Crippen LogP contribution in [0.1, 0.15) is 29.7 Å². The van der Waals surface area contributed by atoms with Crippen LogP contribution in [0.5, 0.6) is 0 Å². The number of aromatic nitrogens is 2. The summed E-state index contributed by atoms with van der Waals surface area (Å²) in [5.41, 5.74) is 3.46. The van der Waals surface area contributed by atoms with Crippen molar-refractivity contribution in [2.45, 2.75) is 32.2 Å². The second kappa shape index (κ2) is 5.57. The van der Waals surface area contributed by atoms with E-state index in [1.165, 1.54) is 18.4 Å². The minimum atomic E-state index is 0.611. The summed E-state index contributed by atoms with van der Waals surface area (Å²) in [6.45, 7) is 0.718. The standard InChI is InChI=1S/C15H16ClN3/c16-14-12-8-4-5-9-13(12)18-15(19-14)17-10-11-6-2-1-3-7-11/h1-3,6-7H,4-5,8-10H2,(H,17,18,19). The number of rotatable bonds is 3. The van der Waals surface area contributed by atoms with Crippen LogP contribution >= 0.6 is 11.6 Å².